The van der Waals surface area contributed by atoms with Crippen molar-refractivity contribution in [1.29, 1.82) is 0 Å². The molecule has 1 N–H and O–H groups in total. The summed E-state index contributed by atoms with van der Waals surface area (Å²) in [7, 11) is -3.58. The highest BCUT2D eigenvalue weighted by Gasteiger charge is 2.16. The Morgan fingerprint density at radius 3 is 2.55 bits per heavy atom. The van der Waals surface area contributed by atoms with Crippen LogP contribution in [0.3, 0.4) is 0 Å². The second-order valence-electron chi connectivity index (χ2n) is 4.85. The van der Waals surface area contributed by atoms with Gasteiger partial charge in [-0.15, -0.1) is 0 Å². The molecule has 0 fully saturated rings. The van der Waals surface area contributed by atoms with Gasteiger partial charge in [-0.2, -0.15) is 11.8 Å². The number of sulfonamides is 1. The number of halogens is 1. The molecule has 22 heavy (non-hydrogen) atoms. The normalized spacial score (nSPS) is 11.5. The molecule has 0 aliphatic rings. The summed E-state index contributed by atoms with van der Waals surface area (Å²) in [5, 5.41) is 0. The second-order valence-corrected chi connectivity index (χ2v) is 7.69. The fraction of sp³-hybridized carbons (Fsp3) is 0.250. The largest absolute Gasteiger partial charge is 0.240 e. The first-order valence-corrected chi connectivity index (χ1v) is 9.50. The third-order valence-electron chi connectivity index (χ3n) is 3.08. The molecule has 0 amide bonds. The van der Waals surface area contributed by atoms with Crippen LogP contribution in [0.15, 0.2) is 53.4 Å². The summed E-state index contributed by atoms with van der Waals surface area (Å²) in [6.45, 7) is 1.93. The molecule has 0 radical (unpaired) electrons. The van der Waals surface area contributed by atoms with Crippen LogP contribution in [0.1, 0.15) is 11.1 Å². The SMILES string of the molecule is Cc1cc(F)ccc1S(=O)(=O)NCCSCc1ccccc1. The van der Waals surface area contributed by atoms with E-state index in [1.54, 1.807) is 18.7 Å². The molecule has 0 unspecified atom stereocenters. The molecule has 0 spiro atoms. The lowest BCUT2D eigenvalue weighted by Crippen LogP contribution is -2.26. The first-order valence-electron chi connectivity index (χ1n) is 6.86. The van der Waals surface area contributed by atoms with E-state index in [9.17, 15) is 12.8 Å². The molecule has 0 saturated carbocycles. The van der Waals surface area contributed by atoms with E-state index in [0.717, 1.165) is 11.8 Å². The van der Waals surface area contributed by atoms with Crippen molar-refractivity contribution in [2.75, 3.05) is 12.3 Å². The summed E-state index contributed by atoms with van der Waals surface area (Å²) in [5.41, 5.74) is 1.62. The van der Waals surface area contributed by atoms with Crippen LogP contribution in [0.2, 0.25) is 0 Å². The van der Waals surface area contributed by atoms with Gasteiger partial charge < -0.3 is 0 Å². The molecule has 0 aliphatic carbocycles. The van der Waals surface area contributed by atoms with Gasteiger partial charge in [-0.25, -0.2) is 17.5 Å². The zero-order chi connectivity index (χ0) is 16.0. The Kier molecular flexibility index (Phi) is 5.99. The maximum absolute atomic E-state index is 13.0. The minimum absolute atomic E-state index is 0.127. The molecule has 0 bridgehead atoms. The molecule has 3 nitrogen and oxygen atoms in total. The van der Waals surface area contributed by atoms with E-state index in [2.05, 4.69) is 4.72 Å². The van der Waals surface area contributed by atoms with E-state index in [1.165, 1.54) is 17.7 Å². The smallest absolute Gasteiger partial charge is 0.210 e. The van der Waals surface area contributed by atoms with Gasteiger partial charge in [-0.1, -0.05) is 30.3 Å². The monoisotopic (exact) mass is 339 g/mol. The summed E-state index contributed by atoms with van der Waals surface area (Å²) >= 11 is 1.66. The number of rotatable bonds is 7. The molecule has 118 valence electrons. The average molecular weight is 339 g/mol. The fourth-order valence-electron chi connectivity index (χ4n) is 2.00. The number of thioether (sulfide) groups is 1. The Hall–Kier alpha value is -1.37. The third-order valence-corrected chi connectivity index (χ3v) is 5.73. The maximum atomic E-state index is 13.0. The quantitative estimate of drug-likeness (QED) is 0.787. The van der Waals surface area contributed by atoms with Gasteiger partial charge in [0.1, 0.15) is 5.82 Å². The van der Waals surface area contributed by atoms with E-state index >= 15 is 0 Å². The van der Waals surface area contributed by atoms with Crippen LogP contribution >= 0.6 is 11.8 Å². The van der Waals surface area contributed by atoms with Crippen LogP contribution in [0.4, 0.5) is 4.39 Å². The van der Waals surface area contributed by atoms with Crippen LogP contribution < -0.4 is 4.72 Å². The number of hydrogen-bond donors (Lipinski definition) is 1. The van der Waals surface area contributed by atoms with E-state index in [1.807, 2.05) is 30.3 Å². The van der Waals surface area contributed by atoms with Gasteiger partial charge in [0, 0.05) is 18.1 Å². The lowest BCUT2D eigenvalue weighted by Gasteiger charge is -2.09. The summed E-state index contributed by atoms with van der Waals surface area (Å²) < 4.78 is 39.9. The van der Waals surface area contributed by atoms with E-state index in [0.29, 0.717) is 17.9 Å². The molecule has 2 rings (SSSR count). The highest BCUT2D eigenvalue weighted by Crippen LogP contribution is 2.16. The Morgan fingerprint density at radius 2 is 1.86 bits per heavy atom. The van der Waals surface area contributed by atoms with Crippen LogP contribution in [0, 0.1) is 12.7 Å². The van der Waals surface area contributed by atoms with Crippen molar-refractivity contribution in [3.63, 3.8) is 0 Å². The number of aryl methyl sites for hydroxylation is 1. The number of hydrogen-bond acceptors (Lipinski definition) is 3. The Labute approximate surface area is 135 Å². The molecule has 2 aromatic rings. The molecular formula is C16H18FNO2S2. The van der Waals surface area contributed by atoms with Crippen molar-refractivity contribution >= 4 is 21.8 Å². The van der Waals surface area contributed by atoms with Gasteiger partial charge in [-0.05, 0) is 36.2 Å². The highest BCUT2D eigenvalue weighted by molar-refractivity contribution is 7.98. The summed E-state index contributed by atoms with van der Waals surface area (Å²) in [6.07, 6.45) is 0. The van der Waals surface area contributed by atoms with Gasteiger partial charge in [0.15, 0.2) is 0 Å². The average Bonchev–Trinajstić information content (AvgIpc) is 2.47. The van der Waals surface area contributed by atoms with E-state index in [4.69, 9.17) is 0 Å². The lowest BCUT2D eigenvalue weighted by molar-refractivity contribution is 0.582. The van der Waals surface area contributed by atoms with Gasteiger partial charge >= 0.3 is 0 Å². The van der Waals surface area contributed by atoms with E-state index in [-0.39, 0.29) is 4.90 Å². The first kappa shape index (κ1) is 17.0. The fourth-order valence-corrected chi connectivity index (χ4v) is 4.21. The lowest BCUT2D eigenvalue weighted by atomic mass is 10.2. The molecule has 0 atom stereocenters. The molecule has 0 saturated heterocycles. The Morgan fingerprint density at radius 1 is 1.14 bits per heavy atom. The van der Waals surface area contributed by atoms with Crippen molar-refractivity contribution in [2.24, 2.45) is 0 Å². The third kappa shape index (κ3) is 4.83. The van der Waals surface area contributed by atoms with Crippen molar-refractivity contribution in [3.8, 4) is 0 Å². The molecule has 0 aromatic heterocycles. The minimum Gasteiger partial charge on any atom is -0.210 e. The maximum Gasteiger partial charge on any atom is 0.240 e. The van der Waals surface area contributed by atoms with Crippen molar-refractivity contribution in [3.05, 3.63) is 65.5 Å². The predicted octanol–water partition coefficient (Wildman–Crippen LogP) is 3.35. The summed E-state index contributed by atoms with van der Waals surface area (Å²) in [5.74, 6) is 1.09. The standard InChI is InChI=1S/C16H18FNO2S2/c1-13-11-15(17)7-8-16(13)22(19,20)18-9-10-21-12-14-5-3-2-4-6-14/h2-8,11,18H,9-10,12H2,1H3. The zero-order valence-corrected chi connectivity index (χ0v) is 13.9. The van der Waals surface area contributed by atoms with Crippen molar-refractivity contribution in [1.82, 2.24) is 4.72 Å². The number of benzene rings is 2. The Balaban J connectivity index is 1.83. The number of nitrogens with one attached hydrogen (secondary N) is 1. The molecular weight excluding hydrogens is 321 g/mol. The van der Waals surface area contributed by atoms with Crippen LogP contribution in [0.25, 0.3) is 0 Å². The molecule has 6 heteroatoms. The Bertz CT molecular complexity index is 718. The first-order chi connectivity index (χ1) is 10.5. The van der Waals surface area contributed by atoms with Crippen LogP contribution in [0.5, 0.6) is 0 Å². The summed E-state index contributed by atoms with van der Waals surface area (Å²) in [6, 6.07) is 13.7. The van der Waals surface area contributed by atoms with E-state index < -0.39 is 15.8 Å². The van der Waals surface area contributed by atoms with Gasteiger partial charge in [-0.3, -0.25) is 0 Å². The summed E-state index contributed by atoms with van der Waals surface area (Å²) in [4.78, 5) is 0.127. The van der Waals surface area contributed by atoms with Gasteiger partial charge in [0.05, 0.1) is 4.90 Å². The molecule has 0 aliphatic heterocycles. The van der Waals surface area contributed by atoms with Crippen molar-refractivity contribution in [2.45, 2.75) is 17.6 Å². The van der Waals surface area contributed by atoms with Gasteiger partial charge in [0.2, 0.25) is 10.0 Å². The highest BCUT2D eigenvalue weighted by atomic mass is 32.2. The van der Waals surface area contributed by atoms with Crippen LogP contribution in [-0.2, 0) is 15.8 Å². The predicted molar refractivity (Wildman–Crippen MR) is 88.9 cm³/mol. The van der Waals surface area contributed by atoms with Crippen LogP contribution in [-0.4, -0.2) is 20.7 Å². The topological polar surface area (TPSA) is 46.2 Å². The zero-order valence-electron chi connectivity index (χ0n) is 12.3. The van der Waals surface area contributed by atoms with Crippen molar-refractivity contribution < 1.29 is 12.8 Å². The minimum atomic E-state index is -3.58. The van der Waals surface area contributed by atoms with Gasteiger partial charge in [0.25, 0.3) is 0 Å². The molecule has 2 aromatic carbocycles. The second kappa shape index (κ2) is 7.76. The molecule has 0 heterocycles.